The Morgan fingerprint density at radius 2 is 2.15 bits per heavy atom. The highest BCUT2D eigenvalue weighted by atomic mass is 32.1. The van der Waals surface area contributed by atoms with Gasteiger partial charge in [-0.3, -0.25) is 15.1 Å². The Bertz CT molecular complexity index is 528. The van der Waals surface area contributed by atoms with Crippen molar-refractivity contribution >= 4 is 23.2 Å². The standard InChI is InChI=1S/C14H22N4OS/c1-8(2)6-15-13-17-10(11(19)18-13)9-7-20-12(16-9)14(3,4)5/h7-8,10H,6H2,1-5H3,(H2,15,17,18,19). The fourth-order valence-corrected chi connectivity index (χ4v) is 2.69. The van der Waals surface area contributed by atoms with Crippen LogP contribution in [0.5, 0.6) is 0 Å². The number of carbonyl (C=O) groups is 1. The minimum absolute atomic E-state index is 0.00651. The van der Waals surface area contributed by atoms with E-state index in [1.807, 2.05) is 5.38 Å². The Kier molecular flexibility index (Phi) is 4.13. The van der Waals surface area contributed by atoms with Gasteiger partial charge in [0.15, 0.2) is 12.0 Å². The maximum Gasteiger partial charge on any atom is 0.255 e. The zero-order chi connectivity index (χ0) is 14.9. The minimum atomic E-state index is -0.423. The van der Waals surface area contributed by atoms with E-state index in [4.69, 9.17) is 0 Å². The molecule has 2 N–H and O–H groups in total. The third-order valence-electron chi connectivity index (χ3n) is 2.86. The minimum Gasteiger partial charge on any atom is -0.339 e. The Morgan fingerprint density at radius 3 is 2.70 bits per heavy atom. The van der Waals surface area contributed by atoms with Crippen molar-refractivity contribution in [2.75, 3.05) is 6.54 Å². The van der Waals surface area contributed by atoms with Crippen molar-refractivity contribution in [3.8, 4) is 0 Å². The van der Waals surface area contributed by atoms with Crippen LogP contribution in [0.3, 0.4) is 0 Å². The monoisotopic (exact) mass is 294 g/mol. The summed E-state index contributed by atoms with van der Waals surface area (Å²) in [6.07, 6.45) is 0. The lowest BCUT2D eigenvalue weighted by molar-refractivity contribution is -0.120. The zero-order valence-electron chi connectivity index (χ0n) is 12.7. The molecule has 1 amide bonds. The molecule has 0 radical (unpaired) electrons. The molecule has 0 spiro atoms. The van der Waals surface area contributed by atoms with Crippen LogP contribution in [0.2, 0.25) is 0 Å². The molecule has 20 heavy (non-hydrogen) atoms. The molecule has 0 saturated carbocycles. The number of aliphatic imine (C=N–C) groups is 1. The van der Waals surface area contributed by atoms with E-state index < -0.39 is 6.04 Å². The van der Waals surface area contributed by atoms with Crippen LogP contribution in [0.15, 0.2) is 10.4 Å². The van der Waals surface area contributed by atoms with E-state index in [9.17, 15) is 4.79 Å². The van der Waals surface area contributed by atoms with E-state index in [0.29, 0.717) is 18.4 Å². The molecule has 0 aliphatic carbocycles. The first kappa shape index (κ1) is 15.0. The van der Waals surface area contributed by atoms with Crippen molar-refractivity contribution < 1.29 is 4.79 Å². The molecule has 1 atom stereocenters. The molecule has 1 unspecified atom stereocenters. The number of hydrogen-bond acceptors (Lipinski definition) is 4. The smallest absolute Gasteiger partial charge is 0.255 e. The maximum absolute atomic E-state index is 12.0. The molecule has 1 aromatic heterocycles. The van der Waals surface area contributed by atoms with Gasteiger partial charge in [0.1, 0.15) is 0 Å². The fourth-order valence-electron chi connectivity index (χ4n) is 1.76. The van der Waals surface area contributed by atoms with Crippen LogP contribution in [0.25, 0.3) is 0 Å². The highest BCUT2D eigenvalue weighted by Gasteiger charge is 2.32. The molecule has 0 aromatic carbocycles. The number of hydrogen-bond donors (Lipinski definition) is 2. The summed E-state index contributed by atoms with van der Waals surface area (Å²) in [5, 5.41) is 8.87. The summed E-state index contributed by atoms with van der Waals surface area (Å²) in [7, 11) is 0. The molecule has 2 heterocycles. The topological polar surface area (TPSA) is 66.4 Å². The van der Waals surface area contributed by atoms with Crippen LogP contribution in [0.1, 0.15) is 51.4 Å². The molecule has 1 saturated heterocycles. The highest BCUT2D eigenvalue weighted by Crippen LogP contribution is 2.28. The van der Waals surface area contributed by atoms with Crippen LogP contribution in [-0.4, -0.2) is 23.4 Å². The van der Waals surface area contributed by atoms with Crippen molar-refractivity contribution in [1.29, 1.82) is 0 Å². The SMILES string of the molecule is CC(C)CN=C1NC(=O)C(c2csc(C(C)(C)C)n2)N1. The second-order valence-electron chi connectivity index (χ2n) is 6.48. The summed E-state index contributed by atoms with van der Waals surface area (Å²) in [4.78, 5) is 20.9. The summed E-state index contributed by atoms with van der Waals surface area (Å²) in [5.41, 5.74) is 0.777. The van der Waals surface area contributed by atoms with Gasteiger partial charge in [0.25, 0.3) is 5.91 Å². The maximum atomic E-state index is 12.0. The van der Waals surface area contributed by atoms with Gasteiger partial charge in [0.05, 0.1) is 10.7 Å². The molecule has 1 aromatic rings. The summed E-state index contributed by atoms with van der Waals surface area (Å²) < 4.78 is 0. The lowest BCUT2D eigenvalue weighted by atomic mass is 9.98. The van der Waals surface area contributed by atoms with Gasteiger partial charge in [-0.15, -0.1) is 11.3 Å². The lowest BCUT2D eigenvalue weighted by Gasteiger charge is -2.13. The van der Waals surface area contributed by atoms with Crippen LogP contribution in [0.4, 0.5) is 0 Å². The second kappa shape index (κ2) is 5.52. The van der Waals surface area contributed by atoms with Gasteiger partial charge in [-0.05, 0) is 5.92 Å². The largest absolute Gasteiger partial charge is 0.339 e. The van der Waals surface area contributed by atoms with Gasteiger partial charge in [-0.1, -0.05) is 34.6 Å². The van der Waals surface area contributed by atoms with Gasteiger partial charge in [0, 0.05) is 17.3 Å². The summed E-state index contributed by atoms with van der Waals surface area (Å²) >= 11 is 1.59. The average molecular weight is 294 g/mol. The fraction of sp³-hybridized carbons (Fsp3) is 0.643. The first-order valence-corrected chi connectivity index (χ1v) is 7.73. The predicted octanol–water partition coefficient (Wildman–Crippen LogP) is 2.21. The van der Waals surface area contributed by atoms with E-state index in [1.165, 1.54) is 0 Å². The molecule has 110 valence electrons. The molecule has 1 aliphatic heterocycles. The normalized spacial score (nSPS) is 21.4. The molecule has 1 fully saturated rings. The average Bonchev–Trinajstić information content (AvgIpc) is 2.91. The van der Waals surface area contributed by atoms with Gasteiger partial charge >= 0.3 is 0 Å². The van der Waals surface area contributed by atoms with E-state index in [1.54, 1.807) is 11.3 Å². The number of aromatic nitrogens is 1. The van der Waals surface area contributed by atoms with Crippen LogP contribution < -0.4 is 10.6 Å². The first-order valence-electron chi connectivity index (χ1n) is 6.85. The van der Waals surface area contributed by atoms with Crippen LogP contribution >= 0.6 is 11.3 Å². The van der Waals surface area contributed by atoms with E-state index >= 15 is 0 Å². The van der Waals surface area contributed by atoms with Gasteiger partial charge < -0.3 is 5.32 Å². The molecule has 6 heteroatoms. The quantitative estimate of drug-likeness (QED) is 0.898. The summed E-state index contributed by atoms with van der Waals surface area (Å²) in [6, 6.07) is -0.423. The number of nitrogens with zero attached hydrogens (tertiary/aromatic N) is 2. The zero-order valence-corrected chi connectivity index (χ0v) is 13.5. The predicted molar refractivity (Wildman–Crippen MR) is 82.0 cm³/mol. The Morgan fingerprint density at radius 1 is 1.45 bits per heavy atom. The van der Waals surface area contributed by atoms with Crippen molar-refractivity contribution in [2.45, 2.75) is 46.1 Å². The Balaban J connectivity index is 2.12. The molecular weight excluding hydrogens is 272 g/mol. The van der Waals surface area contributed by atoms with Gasteiger partial charge in [-0.25, -0.2) is 4.98 Å². The van der Waals surface area contributed by atoms with Crippen LogP contribution in [0, 0.1) is 5.92 Å². The first-order chi connectivity index (χ1) is 9.27. The molecule has 2 rings (SSSR count). The van der Waals surface area contributed by atoms with Crippen LogP contribution in [-0.2, 0) is 10.2 Å². The second-order valence-corrected chi connectivity index (χ2v) is 7.34. The van der Waals surface area contributed by atoms with Crippen molar-refractivity contribution in [3.63, 3.8) is 0 Å². The highest BCUT2D eigenvalue weighted by molar-refractivity contribution is 7.09. The number of carbonyl (C=O) groups excluding carboxylic acids is 1. The van der Waals surface area contributed by atoms with E-state index in [0.717, 1.165) is 10.7 Å². The number of rotatable bonds is 3. The number of nitrogens with one attached hydrogen (secondary N) is 2. The Labute approximate surface area is 123 Å². The van der Waals surface area contributed by atoms with Gasteiger partial charge in [0.2, 0.25) is 0 Å². The Hall–Kier alpha value is -1.43. The lowest BCUT2D eigenvalue weighted by Crippen LogP contribution is -2.26. The number of guanidine groups is 1. The van der Waals surface area contributed by atoms with Crippen molar-refractivity contribution in [1.82, 2.24) is 15.6 Å². The number of amides is 1. The molecular formula is C14H22N4OS. The molecule has 0 bridgehead atoms. The molecule has 5 nitrogen and oxygen atoms in total. The summed E-state index contributed by atoms with van der Waals surface area (Å²) in [6.45, 7) is 11.2. The molecule has 1 aliphatic rings. The van der Waals surface area contributed by atoms with E-state index in [2.05, 4.69) is 55.2 Å². The van der Waals surface area contributed by atoms with Gasteiger partial charge in [-0.2, -0.15) is 0 Å². The summed E-state index contributed by atoms with van der Waals surface area (Å²) in [5.74, 6) is 0.935. The third-order valence-corrected chi connectivity index (χ3v) is 4.14. The van der Waals surface area contributed by atoms with E-state index in [-0.39, 0.29) is 11.3 Å². The van der Waals surface area contributed by atoms with Crippen molar-refractivity contribution in [2.24, 2.45) is 10.9 Å². The van der Waals surface area contributed by atoms with Crippen molar-refractivity contribution in [3.05, 3.63) is 16.1 Å². The third kappa shape index (κ3) is 3.36. The number of thiazole rings is 1.